The SMILES string of the molecule is CN(CCP(C)(C)=S)CC1(SCc2ccccc2)CCOCC1. The second-order valence-corrected chi connectivity index (χ2v) is 15.1. The summed E-state index contributed by atoms with van der Waals surface area (Å²) in [5.74, 6) is 1.09. The van der Waals surface area contributed by atoms with E-state index in [0.29, 0.717) is 4.75 Å². The van der Waals surface area contributed by atoms with E-state index in [-0.39, 0.29) is 0 Å². The van der Waals surface area contributed by atoms with E-state index in [2.05, 4.69) is 67.4 Å². The van der Waals surface area contributed by atoms with Crippen LogP contribution in [0, 0.1) is 0 Å². The first-order valence-corrected chi connectivity index (χ1v) is 13.2. The number of hydrogen-bond donors (Lipinski definition) is 0. The summed E-state index contributed by atoms with van der Waals surface area (Å²) in [7, 11) is 2.26. The monoisotopic (exact) mass is 371 g/mol. The average molecular weight is 372 g/mol. The van der Waals surface area contributed by atoms with Crippen LogP contribution in [-0.2, 0) is 22.3 Å². The topological polar surface area (TPSA) is 12.5 Å². The van der Waals surface area contributed by atoms with Crippen molar-refractivity contribution in [1.82, 2.24) is 4.90 Å². The Morgan fingerprint density at radius 2 is 1.87 bits per heavy atom. The summed E-state index contributed by atoms with van der Waals surface area (Å²) in [6.07, 6.45) is 3.48. The molecule has 0 spiro atoms. The second-order valence-electron chi connectivity index (χ2n) is 7.10. The van der Waals surface area contributed by atoms with Crippen LogP contribution in [-0.4, -0.2) is 62.5 Å². The van der Waals surface area contributed by atoms with Crippen LogP contribution in [0.15, 0.2) is 30.3 Å². The van der Waals surface area contributed by atoms with Crippen molar-refractivity contribution >= 4 is 29.6 Å². The van der Waals surface area contributed by atoms with Crippen LogP contribution in [0.1, 0.15) is 18.4 Å². The van der Waals surface area contributed by atoms with Crippen LogP contribution in [0.4, 0.5) is 0 Å². The van der Waals surface area contributed by atoms with Gasteiger partial charge < -0.3 is 9.64 Å². The van der Waals surface area contributed by atoms with Crippen molar-refractivity contribution < 1.29 is 4.74 Å². The van der Waals surface area contributed by atoms with Crippen molar-refractivity contribution in [2.24, 2.45) is 0 Å². The third kappa shape index (κ3) is 7.27. The molecule has 1 aliphatic heterocycles. The third-order valence-corrected chi connectivity index (χ3v) is 7.82. The minimum atomic E-state index is -1.10. The third-order valence-electron chi connectivity index (χ3n) is 4.37. The largest absolute Gasteiger partial charge is 0.381 e. The fraction of sp³-hybridized carbons (Fsp3) is 0.667. The van der Waals surface area contributed by atoms with Gasteiger partial charge in [0.15, 0.2) is 0 Å². The van der Waals surface area contributed by atoms with Gasteiger partial charge in [-0.05, 0) is 51.0 Å². The lowest BCUT2D eigenvalue weighted by Crippen LogP contribution is -2.44. The first kappa shape index (κ1) is 19.5. The van der Waals surface area contributed by atoms with Crippen LogP contribution >= 0.6 is 17.8 Å². The minimum Gasteiger partial charge on any atom is -0.381 e. The Balaban J connectivity index is 1.93. The van der Waals surface area contributed by atoms with Gasteiger partial charge in [-0.2, -0.15) is 0 Å². The Labute approximate surface area is 151 Å². The van der Waals surface area contributed by atoms with Crippen molar-refractivity contribution in [1.29, 1.82) is 0 Å². The molecule has 1 aromatic carbocycles. The van der Waals surface area contributed by atoms with Crippen LogP contribution in [0.2, 0.25) is 0 Å². The van der Waals surface area contributed by atoms with Crippen molar-refractivity contribution in [3.63, 3.8) is 0 Å². The van der Waals surface area contributed by atoms with Crippen molar-refractivity contribution in [3.05, 3.63) is 35.9 Å². The molecule has 0 N–H and O–H groups in total. The van der Waals surface area contributed by atoms with E-state index in [4.69, 9.17) is 16.5 Å². The van der Waals surface area contributed by atoms with E-state index in [0.717, 1.165) is 44.9 Å². The molecule has 1 saturated heterocycles. The summed E-state index contributed by atoms with van der Waals surface area (Å²) in [6, 6.07) is 9.72. The van der Waals surface area contributed by atoms with E-state index < -0.39 is 6.04 Å². The molecular formula is C18H30NOPS2. The maximum atomic E-state index is 5.63. The molecule has 2 rings (SSSR count). The predicted molar refractivity (Wildman–Crippen MR) is 109 cm³/mol. The van der Waals surface area contributed by atoms with Gasteiger partial charge in [0.2, 0.25) is 0 Å². The van der Waals surface area contributed by atoms with Gasteiger partial charge in [-0.1, -0.05) is 42.1 Å². The molecule has 130 valence electrons. The van der Waals surface area contributed by atoms with Gasteiger partial charge >= 0.3 is 0 Å². The molecule has 0 saturated carbocycles. The Bertz CT molecular complexity index is 511. The molecule has 5 heteroatoms. The molecule has 2 nitrogen and oxygen atoms in total. The highest BCUT2D eigenvalue weighted by molar-refractivity contribution is 8.14. The summed E-state index contributed by atoms with van der Waals surface area (Å²) in [6.45, 7) is 8.57. The Morgan fingerprint density at radius 3 is 2.48 bits per heavy atom. The fourth-order valence-corrected chi connectivity index (χ4v) is 5.39. The first-order chi connectivity index (χ1) is 10.9. The van der Waals surface area contributed by atoms with Crippen LogP contribution < -0.4 is 0 Å². The summed E-state index contributed by atoms with van der Waals surface area (Å²) < 4.78 is 5.96. The summed E-state index contributed by atoms with van der Waals surface area (Å²) in [5.41, 5.74) is 1.42. The summed E-state index contributed by atoms with van der Waals surface area (Å²) in [5, 5.41) is 0. The zero-order valence-electron chi connectivity index (χ0n) is 14.7. The van der Waals surface area contributed by atoms with Gasteiger partial charge in [-0.3, -0.25) is 0 Å². The standard InChI is InChI=1S/C18H30NOPS2/c1-19(11-14-21(2,3)22)16-18(9-12-20-13-10-18)23-15-17-7-5-4-6-8-17/h4-8H,9-16H2,1-3H3. The lowest BCUT2D eigenvalue weighted by atomic mass is 9.98. The van der Waals surface area contributed by atoms with Crippen LogP contribution in [0.5, 0.6) is 0 Å². The molecule has 0 radical (unpaired) electrons. The van der Waals surface area contributed by atoms with Gasteiger partial charge in [-0.25, -0.2) is 0 Å². The highest BCUT2D eigenvalue weighted by Gasteiger charge is 2.34. The normalized spacial score (nSPS) is 18.3. The zero-order valence-corrected chi connectivity index (χ0v) is 17.2. The summed E-state index contributed by atoms with van der Waals surface area (Å²) in [4.78, 5) is 2.50. The predicted octanol–water partition coefficient (Wildman–Crippen LogP) is 4.14. The average Bonchev–Trinajstić information content (AvgIpc) is 2.52. The number of nitrogens with zero attached hydrogens (tertiary/aromatic N) is 1. The van der Waals surface area contributed by atoms with Gasteiger partial charge in [0.05, 0.1) is 0 Å². The number of thioether (sulfide) groups is 1. The lowest BCUT2D eigenvalue weighted by molar-refractivity contribution is 0.0686. The second kappa shape index (κ2) is 9.01. The first-order valence-electron chi connectivity index (χ1n) is 8.37. The number of ether oxygens (including phenoxy) is 1. The smallest absolute Gasteiger partial charge is 0.0479 e. The molecule has 0 bridgehead atoms. The lowest BCUT2D eigenvalue weighted by Gasteiger charge is -2.40. The van der Waals surface area contributed by atoms with Crippen molar-refractivity contribution in [3.8, 4) is 0 Å². The molecule has 23 heavy (non-hydrogen) atoms. The Morgan fingerprint density at radius 1 is 1.22 bits per heavy atom. The van der Waals surface area contributed by atoms with Crippen molar-refractivity contribution in [2.75, 3.05) is 52.8 Å². The quantitative estimate of drug-likeness (QED) is 0.637. The van der Waals surface area contributed by atoms with E-state index in [1.165, 1.54) is 11.7 Å². The fourth-order valence-electron chi connectivity index (χ4n) is 2.88. The van der Waals surface area contributed by atoms with E-state index in [1.54, 1.807) is 0 Å². The zero-order chi connectivity index (χ0) is 16.8. The number of hydrogen-bond acceptors (Lipinski definition) is 4. The number of rotatable bonds is 8. The Kier molecular flexibility index (Phi) is 7.62. The van der Waals surface area contributed by atoms with Crippen molar-refractivity contribution in [2.45, 2.75) is 23.3 Å². The van der Waals surface area contributed by atoms with Gasteiger partial charge in [0, 0.05) is 36.8 Å². The highest BCUT2D eigenvalue weighted by atomic mass is 32.4. The molecule has 0 aliphatic carbocycles. The molecule has 1 aromatic rings. The summed E-state index contributed by atoms with van der Waals surface area (Å²) >= 11 is 7.73. The Hall–Kier alpha value is 0.140. The molecule has 0 unspecified atom stereocenters. The van der Waals surface area contributed by atoms with Crippen LogP contribution in [0.3, 0.4) is 0 Å². The maximum Gasteiger partial charge on any atom is 0.0479 e. The molecule has 0 aromatic heterocycles. The van der Waals surface area contributed by atoms with Gasteiger partial charge in [0.1, 0.15) is 0 Å². The number of benzene rings is 1. The van der Waals surface area contributed by atoms with Gasteiger partial charge in [-0.15, -0.1) is 11.8 Å². The van der Waals surface area contributed by atoms with E-state index in [9.17, 15) is 0 Å². The van der Waals surface area contributed by atoms with Gasteiger partial charge in [0.25, 0.3) is 0 Å². The molecule has 0 amide bonds. The minimum absolute atomic E-state index is 0.326. The molecule has 0 atom stereocenters. The van der Waals surface area contributed by atoms with Crippen LogP contribution in [0.25, 0.3) is 0 Å². The van der Waals surface area contributed by atoms with E-state index in [1.807, 2.05) is 0 Å². The molecular weight excluding hydrogens is 341 g/mol. The maximum absolute atomic E-state index is 5.63. The highest BCUT2D eigenvalue weighted by Crippen LogP contribution is 2.39. The molecule has 1 heterocycles. The molecule has 1 fully saturated rings. The van der Waals surface area contributed by atoms with E-state index >= 15 is 0 Å². The molecule has 1 aliphatic rings.